The van der Waals surface area contributed by atoms with Crippen molar-refractivity contribution in [1.29, 1.82) is 0 Å². The maximum atomic E-state index is 14.0. The van der Waals surface area contributed by atoms with E-state index in [2.05, 4.69) is 20.9 Å². The molecule has 40 heavy (non-hydrogen) atoms. The quantitative estimate of drug-likeness (QED) is 0.255. The van der Waals surface area contributed by atoms with E-state index in [1.165, 1.54) is 11.3 Å². The summed E-state index contributed by atoms with van der Waals surface area (Å²) in [6, 6.07) is 22.3. The second kappa shape index (κ2) is 12.1. The normalized spacial score (nSPS) is 14.9. The van der Waals surface area contributed by atoms with Crippen LogP contribution in [0.25, 0.3) is 6.08 Å². The summed E-state index contributed by atoms with van der Waals surface area (Å²) in [5.41, 5.74) is 3.09. The summed E-state index contributed by atoms with van der Waals surface area (Å²) in [7, 11) is 1.58. The van der Waals surface area contributed by atoms with E-state index in [1.807, 2.05) is 72.8 Å². The van der Waals surface area contributed by atoms with E-state index in [0.717, 1.165) is 15.6 Å². The van der Waals surface area contributed by atoms with Gasteiger partial charge in [0.05, 0.1) is 35.6 Å². The number of para-hydroxylation sites is 1. The van der Waals surface area contributed by atoms with Crippen LogP contribution in [-0.4, -0.2) is 24.3 Å². The number of thiazole rings is 1. The van der Waals surface area contributed by atoms with Crippen LogP contribution in [0.5, 0.6) is 11.5 Å². The van der Waals surface area contributed by atoms with Crippen molar-refractivity contribution < 1.29 is 19.0 Å². The zero-order valence-electron chi connectivity index (χ0n) is 22.2. The number of aromatic nitrogens is 1. The van der Waals surface area contributed by atoms with Gasteiger partial charge in [-0.15, -0.1) is 0 Å². The van der Waals surface area contributed by atoms with Gasteiger partial charge in [0.1, 0.15) is 6.61 Å². The molecule has 0 fully saturated rings. The molecule has 0 saturated carbocycles. The Hall–Kier alpha value is -3.95. The second-order valence-electron chi connectivity index (χ2n) is 9.01. The lowest BCUT2D eigenvalue weighted by atomic mass is 9.96. The number of nitrogens with zero attached hydrogens (tertiary/aromatic N) is 2. The van der Waals surface area contributed by atoms with Crippen molar-refractivity contribution in [3.8, 4) is 11.5 Å². The molecular formula is C31H27BrN2O5S. The average Bonchev–Trinajstić information content (AvgIpc) is 3.26. The lowest BCUT2D eigenvalue weighted by Gasteiger charge is -2.24. The Bertz CT molecular complexity index is 1760. The molecule has 0 bridgehead atoms. The number of benzene rings is 3. The van der Waals surface area contributed by atoms with Crippen LogP contribution in [0.15, 0.2) is 98.3 Å². The van der Waals surface area contributed by atoms with E-state index >= 15 is 0 Å². The highest BCUT2D eigenvalue weighted by Gasteiger charge is 2.33. The minimum atomic E-state index is -0.676. The Morgan fingerprint density at radius 2 is 1.82 bits per heavy atom. The maximum Gasteiger partial charge on any atom is 0.338 e. The molecule has 9 heteroatoms. The van der Waals surface area contributed by atoms with Gasteiger partial charge in [0.25, 0.3) is 5.56 Å². The van der Waals surface area contributed by atoms with Crippen LogP contribution in [0.3, 0.4) is 0 Å². The first-order valence-electron chi connectivity index (χ1n) is 12.7. The smallest absolute Gasteiger partial charge is 0.338 e. The van der Waals surface area contributed by atoms with Crippen LogP contribution in [-0.2, 0) is 16.1 Å². The molecule has 7 nitrogen and oxygen atoms in total. The Morgan fingerprint density at radius 3 is 2.52 bits per heavy atom. The van der Waals surface area contributed by atoms with E-state index < -0.39 is 12.0 Å². The molecule has 2 heterocycles. The summed E-state index contributed by atoms with van der Waals surface area (Å²) >= 11 is 4.73. The number of ether oxygens (including phenoxy) is 3. The largest absolute Gasteiger partial charge is 0.493 e. The van der Waals surface area contributed by atoms with Crippen molar-refractivity contribution in [2.24, 2.45) is 4.99 Å². The van der Waals surface area contributed by atoms with E-state index in [-0.39, 0.29) is 12.2 Å². The molecule has 1 aliphatic heterocycles. The average molecular weight is 620 g/mol. The predicted octanol–water partition coefficient (Wildman–Crippen LogP) is 5.15. The van der Waals surface area contributed by atoms with E-state index in [0.29, 0.717) is 44.3 Å². The lowest BCUT2D eigenvalue weighted by Crippen LogP contribution is -2.39. The topological polar surface area (TPSA) is 79.1 Å². The Kier molecular flexibility index (Phi) is 8.32. The highest BCUT2D eigenvalue weighted by atomic mass is 79.9. The van der Waals surface area contributed by atoms with Crippen molar-refractivity contribution >= 4 is 39.3 Å². The molecule has 0 radical (unpaired) electrons. The van der Waals surface area contributed by atoms with E-state index in [4.69, 9.17) is 14.2 Å². The molecule has 1 unspecified atom stereocenters. The van der Waals surface area contributed by atoms with Gasteiger partial charge >= 0.3 is 5.97 Å². The number of hydrogen-bond acceptors (Lipinski definition) is 7. The number of allylic oxidation sites excluding steroid dienone is 1. The van der Waals surface area contributed by atoms with Crippen LogP contribution >= 0.6 is 27.3 Å². The Balaban J connectivity index is 1.64. The van der Waals surface area contributed by atoms with Crippen molar-refractivity contribution in [2.75, 3.05) is 13.7 Å². The zero-order chi connectivity index (χ0) is 28.2. The number of esters is 1. The van der Waals surface area contributed by atoms with Crippen molar-refractivity contribution in [1.82, 2.24) is 4.57 Å². The zero-order valence-corrected chi connectivity index (χ0v) is 24.6. The lowest BCUT2D eigenvalue weighted by molar-refractivity contribution is -0.139. The summed E-state index contributed by atoms with van der Waals surface area (Å²) in [6.45, 7) is 4.08. The third kappa shape index (κ3) is 5.52. The summed E-state index contributed by atoms with van der Waals surface area (Å²) in [5.74, 6) is 0.605. The summed E-state index contributed by atoms with van der Waals surface area (Å²) in [5, 5.41) is 0. The Labute approximate surface area is 243 Å². The van der Waals surface area contributed by atoms with Crippen LogP contribution in [0.4, 0.5) is 0 Å². The van der Waals surface area contributed by atoms with Crippen LogP contribution in [0.1, 0.15) is 36.6 Å². The molecular weight excluding hydrogens is 592 g/mol. The summed E-state index contributed by atoms with van der Waals surface area (Å²) in [6.07, 6.45) is 1.79. The second-order valence-corrected chi connectivity index (χ2v) is 10.9. The number of fused-ring (bicyclic) bond motifs is 1. The van der Waals surface area contributed by atoms with Gasteiger partial charge in [-0.05, 0) is 49.2 Å². The maximum absolute atomic E-state index is 14.0. The fourth-order valence-electron chi connectivity index (χ4n) is 4.58. The molecule has 0 saturated heterocycles. The minimum Gasteiger partial charge on any atom is -0.493 e. The van der Waals surface area contributed by atoms with Crippen molar-refractivity contribution in [3.05, 3.63) is 125 Å². The molecule has 3 aromatic carbocycles. The number of carbonyl (C=O) groups excluding carboxylic acids is 1. The molecule has 0 spiro atoms. The van der Waals surface area contributed by atoms with Gasteiger partial charge in [0, 0.05) is 10.0 Å². The molecule has 0 aliphatic carbocycles. The summed E-state index contributed by atoms with van der Waals surface area (Å²) < 4.78 is 20.1. The molecule has 1 atom stereocenters. The van der Waals surface area contributed by atoms with E-state index in [1.54, 1.807) is 31.6 Å². The molecule has 0 N–H and O–H groups in total. The minimum absolute atomic E-state index is 0.217. The number of methoxy groups -OCH3 is 1. The Morgan fingerprint density at radius 1 is 1.07 bits per heavy atom. The van der Waals surface area contributed by atoms with Gasteiger partial charge < -0.3 is 14.2 Å². The van der Waals surface area contributed by atoms with E-state index in [9.17, 15) is 9.59 Å². The van der Waals surface area contributed by atoms with Crippen molar-refractivity contribution in [2.45, 2.75) is 26.5 Å². The number of halogens is 1. The third-order valence-electron chi connectivity index (χ3n) is 6.44. The summed E-state index contributed by atoms with van der Waals surface area (Å²) in [4.78, 5) is 32.2. The molecule has 5 rings (SSSR count). The fourth-order valence-corrected chi connectivity index (χ4v) is 5.89. The standard InChI is InChI=1S/C31H27BrN2O5S/c1-4-38-30(36)26-19(2)33-31-34(27(26)21-13-15-23(32)16-14-21)29(35)25(40-31)17-22-11-8-12-24(37-3)28(22)39-18-20-9-6-5-7-10-20/h5-17,27H,4,18H2,1-3H3/b25-17-. The van der Waals surface area contributed by atoms with Gasteiger partial charge in [-0.1, -0.05) is 81.9 Å². The first-order valence-corrected chi connectivity index (χ1v) is 14.3. The third-order valence-corrected chi connectivity index (χ3v) is 7.96. The van der Waals surface area contributed by atoms with Gasteiger partial charge in [0.15, 0.2) is 16.3 Å². The molecule has 4 aromatic rings. The molecule has 0 amide bonds. The monoisotopic (exact) mass is 618 g/mol. The molecule has 204 valence electrons. The van der Waals surface area contributed by atoms with Gasteiger partial charge in [0.2, 0.25) is 0 Å². The van der Waals surface area contributed by atoms with Gasteiger partial charge in [-0.25, -0.2) is 9.79 Å². The number of rotatable bonds is 8. The fraction of sp³-hybridized carbons (Fsp3) is 0.194. The SMILES string of the molecule is CCOC(=O)C1=C(C)N=c2s/c(=C\c3cccc(OC)c3OCc3ccccc3)c(=O)n2C1c1ccc(Br)cc1. The number of carbonyl (C=O) groups is 1. The number of hydrogen-bond donors (Lipinski definition) is 0. The van der Waals surface area contributed by atoms with Crippen LogP contribution < -0.4 is 24.4 Å². The van der Waals surface area contributed by atoms with Crippen LogP contribution in [0.2, 0.25) is 0 Å². The van der Waals surface area contributed by atoms with Gasteiger partial charge in [-0.2, -0.15) is 0 Å². The first-order chi connectivity index (χ1) is 19.4. The molecule has 1 aromatic heterocycles. The highest BCUT2D eigenvalue weighted by molar-refractivity contribution is 9.10. The van der Waals surface area contributed by atoms with Crippen LogP contribution in [0, 0.1) is 0 Å². The predicted molar refractivity (Wildman–Crippen MR) is 158 cm³/mol. The highest BCUT2D eigenvalue weighted by Crippen LogP contribution is 2.33. The van der Waals surface area contributed by atoms with Crippen molar-refractivity contribution in [3.63, 3.8) is 0 Å². The molecule has 1 aliphatic rings. The van der Waals surface area contributed by atoms with Gasteiger partial charge in [-0.3, -0.25) is 9.36 Å². The first kappa shape index (κ1) is 27.6.